The summed E-state index contributed by atoms with van der Waals surface area (Å²) >= 11 is 0. The highest BCUT2D eigenvalue weighted by molar-refractivity contribution is 5.67. The SMILES string of the molecule is O=C(O)CC1CCC2(CCCCCC2)C1. The van der Waals surface area contributed by atoms with Crippen LogP contribution in [0.5, 0.6) is 0 Å². The molecule has 1 spiro atoms. The van der Waals surface area contributed by atoms with Crippen LogP contribution >= 0.6 is 0 Å². The van der Waals surface area contributed by atoms with Gasteiger partial charge in [0.25, 0.3) is 0 Å². The Hall–Kier alpha value is -0.530. The first kappa shape index (κ1) is 11.0. The van der Waals surface area contributed by atoms with Crippen molar-refractivity contribution in [2.75, 3.05) is 0 Å². The van der Waals surface area contributed by atoms with Crippen molar-refractivity contribution in [1.82, 2.24) is 0 Å². The molecule has 2 heteroatoms. The highest BCUT2D eigenvalue weighted by Gasteiger charge is 2.39. The fourth-order valence-electron chi connectivity index (χ4n) is 3.68. The van der Waals surface area contributed by atoms with Crippen LogP contribution in [-0.2, 0) is 4.79 Å². The summed E-state index contributed by atoms with van der Waals surface area (Å²) in [5, 5.41) is 8.82. The molecule has 2 saturated carbocycles. The number of rotatable bonds is 2. The van der Waals surface area contributed by atoms with Gasteiger partial charge < -0.3 is 5.11 Å². The number of hydrogen-bond donors (Lipinski definition) is 1. The van der Waals surface area contributed by atoms with Gasteiger partial charge in [0.2, 0.25) is 0 Å². The summed E-state index contributed by atoms with van der Waals surface area (Å²) in [5.41, 5.74) is 0.552. The lowest BCUT2D eigenvalue weighted by Gasteiger charge is -2.27. The number of carboxylic acids is 1. The molecule has 2 rings (SSSR count). The maximum absolute atomic E-state index is 10.7. The van der Waals surface area contributed by atoms with Crippen molar-refractivity contribution in [3.63, 3.8) is 0 Å². The van der Waals surface area contributed by atoms with Crippen molar-refractivity contribution < 1.29 is 9.90 Å². The van der Waals surface area contributed by atoms with Crippen molar-refractivity contribution in [3.05, 3.63) is 0 Å². The van der Waals surface area contributed by atoms with Crippen molar-refractivity contribution in [3.8, 4) is 0 Å². The Morgan fingerprint density at radius 2 is 1.80 bits per heavy atom. The molecule has 0 saturated heterocycles. The molecule has 0 aromatic heterocycles. The van der Waals surface area contributed by atoms with Crippen LogP contribution in [-0.4, -0.2) is 11.1 Å². The van der Waals surface area contributed by atoms with E-state index in [9.17, 15) is 4.79 Å². The Balaban J connectivity index is 1.91. The van der Waals surface area contributed by atoms with Crippen LogP contribution in [0.25, 0.3) is 0 Å². The first-order valence-electron chi connectivity index (χ1n) is 6.42. The molecule has 1 unspecified atom stereocenters. The zero-order valence-corrected chi connectivity index (χ0v) is 9.50. The van der Waals surface area contributed by atoms with Crippen LogP contribution in [0, 0.1) is 11.3 Å². The summed E-state index contributed by atoms with van der Waals surface area (Å²) in [6, 6.07) is 0. The highest BCUT2D eigenvalue weighted by atomic mass is 16.4. The summed E-state index contributed by atoms with van der Waals surface area (Å²) in [6.07, 6.45) is 12.3. The second kappa shape index (κ2) is 4.54. The monoisotopic (exact) mass is 210 g/mol. The third kappa shape index (κ3) is 2.73. The molecule has 0 heterocycles. The van der Waals surface area contributed by atoms with E-state index >= 15 is 0 Å². The lowest BCUT2D eigenvalue weighted by atomic mass is 9.78. The molecular weight excluding hydrogens is 188 g/mol. The first-order chi connectivity index (χ1) is 7.20. The van der Waals surface area contributed by atoms with E-state index in [-0.39, 0.29) is 0 Å². The minimum atomic E-state index is -0.606. The summed E-state index contributed by atoms with van der Waals surface area (Å²) in [4.78, 5) is 10.7. The maximum Gasteiger partial charge on any atom is 0.303 e. The topological polar surface area (TPSA) is 37.3 Å². The number of hydrogen-bond acceptors (Lipinski definition) is 1. The van der Waals surface area contributed by atoms with E-state index < -0.39 is 5.97 Å². The zero-order chi connectivity index (χ0) is 10.7. The van der Waals surface area contributed by atoms with Gasteiger partial charge in [0.05, 0.1) is 0 Å². The maximum atomic E-state index is 10.7. The van der Waals surface area contributed by atoms with E-state index in [4.69, 9.17) is 5.11 Å². The van der Waals surface area contributed by atoms with E-state index in [0.29, 0.717) is 17.8 Å². The average molecular weight is 210 g/mol. The predicted molar refractivity (Wildman–Crippen MR) is 59.7 cm³/mol. The van der Waals surface area contributed by atoms with Gasteiger partial charge in [-0.1, -0.05) is 25.7 Å². The quantitative estimate of drug-likeness (QED) is 0.756. The predicted octanol–water partition coefficient (Wildman–Crippen LogP) is 3.60. The molecule has 1 atom stereocenters. The van der Waals surface area contributed by atoms with Crippen molar-refractivity contribution in [2.45, 2.75) is 64.2 Å². The van der Waals surface area contributed by atoms with Crippen LogP contribution < -0.4 is 0 Å². The van der Waals surface area contributed by atoms with E-state index in [1.807, 2.05) is 0 Å². The van der Waals surface area contributed by atoms with Crippen LogP contribution in [0.15, 0.2) is 0 Å². The Labute approximate surface area is 92.1 Å². The van der Waals surface area contributed by atoms with Gasteiger partial charge in [-0.05, 0) is 43.4 Å². The number of carboxylic acid groups (broad SMARTS) is 1. The summed E-state index contributed by atoms with van der Waals surface area (Å²) < 4.78 is 0. The van der Waals surface area contributed by atoms with Crippen molar-refractivity contribution >= 4 is 5.97 Å². The van der Waals surface area contributed by atoms with E-state index in [1.165, 1.54) is 51.4 Å². The van der Waals surface area contributed by atoms with Crippen LogP contribution in [0.1, 0.15) is 64.2 Å². The molecule has 0 aromatic rings. The van der Waals surface area contributed by atoms with Gasteiger partial charge >= 0.3 is 5.97 Å². The zero-order valence-electron chi connectivity index (χ0n) is 9.50. The molecule has 0 aliphatic heterocycles. The third-order valence-corrected chi connectivity index (χ3v) is 4.43. The largest absolute Gasteiger partial charge is 0.481 e. The minimum absolute atomic E-state index is 0.405. The standard InChI is InChI=1S/C13H22O2/c14-12(15)9-11-5-8-13(10-11)6-3-1-2-4-7-13/h11H,1-10H2,(H,14,15). The van der Waals surface area contributed by atoms with Gasteiger partial charge in [-0.15, -0.1) is 0 Å². The van der Waals surface area contributed by atoms with Crippen LogP contribution in [0.4, 0.5) is 0 Å². The van der Waals surface area contributed by atoms with Gasteiger partial charge in [-0.3, -0.25) is 4.79 Å². The molecule has 0 bridgehead atoms. The Morgan fingerprint density at radius 3 is 2.40 bits per heavy atom. The molecular formula is C13H22O2. The highest BCUT2D eigenvalue weighted by Crippen LogP contribution is 2.51. The Morgan fingerprint density at radius 1 is 1.13 bits per heavy atom. The minimum Gasteiger partial charge on any atom is -0.481 e. The fourth-order valence-corrected chi connectivity index (χ4v) is 3.68. The lowest BCUT2D eigenvalue weighted by molar-refractivity contribution is -0.138. The Bertz CT molecular complexity index is 227. The lowest BCUT2D eigenvalue weighted by Crippen LogP contribution is -2.16. The Kier molecular flexibility index (Phi) is 3.32. The molecule has 1 N–H and O–H groups in total. The van der Waals surface area contributed by atoms with E-state index in [1.54, 1.807) is 0 Å². The number of carbonyl (C=O) groups is 1. The van der Waals surface area contributed by atoms with Crippen LogP contribution in [0.2, 0.25) is 0 Å². The van der Waals surface area contributed by atoms with Crippen molar-refractivity contribution in [2.24, 2.45) is 11.3 Å². The molecule has 2 aliphatic rings. The van der Waals surface area contributed by atoms with Gasteiger partial charge in [-0.25, -0.2) is 0 Å². The number of aliphatic carboxylic acids is 1. The molecule has 2 nitrogen and oxygen atoms in total. The second-order valence-corrected chi connectivity index (χ2v) is 5.62. The first-order valence-corrected chi connectivity index (χ1v) is 6.42. The molecule has 86 valence electrons. The summed E-state index contributed by atoms with van der Waals surface area (Å²) in [6.45, 7) is 0. The fraction of sp³-hybridized carbons (Fsp3) is 0.923. The van der Waals surface area contributed by atoms with Gasteiger partial charge in [-0.2, -0.15) is 0 Å². The van der Waals surface area contributed by atoms with Gasteiger partial charge in [0, 0.05) is 6.42 Å². The second-order valence-electron chi connectivity index (χ2n) is 5.62. The molecule has 2 fully saturated rings. The molecule has 15 heavy (non-hydrogen) atoms. The third-order valence-electron chi connectivity index (χ3n) is 4.43. The molecule has 2 aliphatic carbocycles. The van der Waals surface area contributed by atoms with E-state index in [0.717, 1.165) is 6.42 Å². The smallest absolute Gasteiger partial charge is 0.303 e. The van der Waals surface area contributed by atoms with Crippen molar-refractivity contribution in [1.29, 1.82) is 0 Å². The molecule has 0 radical (unpaired) electrons. The molecule has 0 aromatic carbocycles. The molecule has 0 amide bonds. The van der Waals surface area contributed by atoms with Gasteiger partial charge in [0.1, 0.15) is 0 Å². The normalized spacial score (nSPS) is 30.3. The average Bonchev–Trinajstić information content (AvgIpc) is 2.42. The van der Waals surface area contributed by atoms with Gasteiger partial charge in [0.15, 0.2) is 0 Å². The summed E-state index contributed by atoms with van der Waals surface area (Å²) in [7, 11) is 0. The van der Waals surface area contributed by atoms with Crippen LogP contribution in [0.3, 0.4) is 0 Å². The van der Waals surface area contributed by atoms with E-state index in [2.05, 4.69) is 0 Å². The summed E-state index contributed by atoms with van der Waals surface area (Å²) in [5.74, 6) is -0.133.